The lowest BCUT2D eigenvalue weighted by Gasteiger charge is -2.15. The zero-order chi connectivity index (χ0) is 18.4. The second kappa shape index (κ2) is 8.61. The Morgan fingerprint density at radius 1 is 1.31 bits per heavy atom. The van der Waals surface area contributed by atoms with E-state index in [-0.39, 0.29) is 0 Å². The lowest BCUT2D eigenvalue weighted by Crippen LogP contribution is -2.40. The Kier molecular flexibility index (Phi) is 6.00. The molecule has 3 aromatic heterocycles. The molecule has 0 aromatic carbocycles. The van der Waals surface area contributed by atoms with E-state index in [1.807, 2.05) is 7.05 Å². The first kappa shape index (κ1) is 18.1. The number of hydrogen-bond donors (Lipinski definition) is 3. The van der Waals surface area contributed by atoms with Crippen LogP contribution in [-0.4, -0.2) is 52.4 Å². The molecule has 1 unspecified atom stereocenters. The zero-order valence-corrected chi connectivity index (χ0v) is 16.0. The molecule has 0 aliphatic heterocycles. The van der Waals surface area contributed by atoms with Gasteiger partial charge in [0.05, 0.1) is 11.6 Å². The first-order chi connectivity index (χ1) is 12.7. The first-order valence-electron chi connectivity index (χ1n) is 8.53. The fourth-order valence-electron chi connectivity index (χ4n) is 2.61. The van der Waals surface area contributed by atoms with Crippen molar-refractivity contribution in [2.45, 2.75) is 12.8 Å². The molecule has 0 spiro atoms. The molecule has 0 bridgehead atoms. The Balaban J connectivity index is 1.44. The maximum absolute atomic E-state index is 4.30. The van der Waals surface area contributed by atoms with E-state index in [2.05, 4.69) is 60.4 Å². The van der Waals surface area contributed by atoms with Crippen LogP contribution in [0, 0.1) is 0 Å². The van der Waals surface area contributed by atoms with Gasteiger partial charge in [-0.05, 0) is 11.4 Å². The van der Waals surface area contributed by atoms with Gasteiger partial charge in [-0.15, -0.1) is 11.3 Å². The third-order valence-corrected chi connectivity index (χ3v) is 5.17. The number of aryl methyl sites for hydroxylation is 1. The number of guanidine groups is 1. The van der Waals surface area contributed by atoms with Gasteiger partial charge < -0.3 is 16.0 Å². The summed E-state index contributed by atoms with van der Waals surface area (Å²) >= 11 is 1.78. The van der Waals surface area contributed by atoms with E-state index in [4.69, 9.17) is 0 Å². The van der Waals surface area contributed by atoms with E-state index in [1.165, 1.54) is 4.88 Å². The second-order valence-corrected chi connectivity index (χ2v) is 6.93. The van der Waals surface area contributed by atoms with Crippen molar-refractivity contribution in [1.29, 1.82) is 0 Å². The van der Waals surface area contributed by atoms with Crippen LogP contribution in [0.4, 0.5) is 5.82 Å². The molecule has 0 aliphatic rings. The van der Waals surface area contributed by atoms with Gasteiger partial charge in [-0.25, -0.2) is 9.97 Å². The minimum absolute atomic E-state index is 0.451. The van der Waals surface area contributed by atoms with Crippen LogP contribution in [0.3, 0.4) is 0 Å². The smallest absolute Gasteiger partial charge is 0.191 e. The summed E-state index contributed by atoms with van der Waals surface area (Å²) in [4.78, 5) is 14.2. The Labute approximate surface area is 156 Å². The minimum Gasteiger partial charge on any atom is -0.368 e. The first-order valence-corrected chi connectivity index (χ1v) is 9.41. The van der Waals surface area contributed by atoms with Gasteiger partial charge in [0, 0.05) is 44.5 Å². The quantitative estimate of drug-likeness (QED) is 0.333. The van der Waals surface area contributed by atoms with Crippen LogP contribution >= 0.6 is 11.3 Å². The van der Waals surface area contributed by atoms with Crippen LogP contribution < -0.4 is 16.0 Å². The lowest BCUT2D eigenvalue weighted by atomic mass is 10.1. The van der Waals surface area contributed by atoms with Gasteiger partial charge in [-0.3, -0.25) is 9.67 Å². The molecule has 3 aromatic rings. The highest BCUT2D eigenvalue weighted by Crippen LogP contribution is 2.19. The fraction of sp³-hybridized carbons (Fsp3) is 0.412. The third kappa shape index (κ3) is 4.29. The molecule has 138 valence electrons. The molecule has 0 amide bonds. The van der Waals surface area contributed by atoms with E-state index in [1.54, 1.807) is 35.6 Å². The van der Waals surface area contributed by atoms with Gasteiger partial charge in [0.15, 0.2) is 11.6 Å². The molecule has 9 heteroatoms. The maximum atomic E-state index is 4.30. The zero-order valence-electron chi connectivity index (χ0n) is 15.2. The number of hydrogen-bond acceptors (Lipinski definition) is 6. The molecule has 0 fully saturated rings. The summed E-state index contributed by atoms with van der Waals surface area (Å²) in [6, 6.07) is 4.25. The second-order valence-electron chi connectivity index (χ2n) is 5.95. The summed E-state index contributed by atoms with van der Waals surface area (Å²) in [5.74, 6) is 2.04. The van der Waals surface area contributed by atoms with Crippen molar-refractivity contribution in [2.24, 2.45) is 12.0 Å². The van der Waals surface area contributed by atoms with Crippen LogP contribution in [-0.2, 0) is 7.05 Å². The predicted molar refractivity (Wildman–Crippen MR) is 107 cm³/mol. The van der Waals surface area contributed by atoms with Gasteiger partial charge in [-0.1, -0.05) is 13.0 Å². The number of nitrogens with one attached hydrogen (secondary N) is 3. The minimum atomic E-state index is 0.451. The highest BCUT2D eigenvalue weighted by molar-refractivity contribution is 7.10. The van der Waals surface area contributed by atoms with Crippen LogP contribution in [0.25, 0.3) is 11.0 Å². The van der Waals surface area contributed by atoms with Gasteiger partial charge in [0.2, 0.25) is 0 Å². The standard InChI is InChI=1S/C17H24N8S/c1-12(14-5-4-8-26-14)9-21-17(18-2)20-7-6-19-15-13-10-24-25(3)16(13)23-11-22-15/h4-5,8,10-12H,6-7,9H2,1-3H3,(H2,18,20,21)(H,19,22,23). The molecule has 0 aliphatic carbocycles. The van der Waals surface area contributed by atoms with E-state index in [0.717, 1.165) is 35.9 Å². The molecular weight excluding hydrogens is 348 g/mol. The Morgan fingerprint density at radius 2 is 2.19 bits per heavy atom. The largest absolute Gasteiger partial charge is 0.368 e. The molecule has 3 heterocycles. The molecule has 0 saturated carbocycles. The Morgan fingerprint density at radius 3 is 2.96 bits per heavy atom. The van der Waals surface area contributed by atoms with Gasteiger partial charge in [0.25, 0.3) is 0 Å². The van der Waals surface area contributed by atoms with Crippen LogP contribution in [0.2, 0.25) is 0 Å². The SMILES string of the molecule is CN=C(NCCNc1ncnc2c1cnn2C)NCC(C)c1cccs1. The van der Waals surface area contributed by atoms with Gasteiger partial charge >= 0.3 is 0 Å². The van der Waals surface area contributed by atoms with Crippen molar-refractivity contribution in [3.05, 3.63) is 34.9 Å². The molecule has 1 atom stereocenters. The van der Waals surface area contributed by atoms with Crippen molar-refractivity contribution in [3.8, 4) is 0 Å². The Hall–Kier alpha value is -2.68. The highest BCUT2D eigenvalue weighted by Gasteiger charge is 2.08. The summed E-state index contributed by atoms with van der Waals surface area (Å²) in [5, 5.41) is 17.2. The van der Waals surface area contributed by atoms with E-state index in [9.17, 15) is 0 Å². The molecule has 0 saturated heterocycles. The van der Waals surface area contributed by atoms with Crippen LogP contribution in [0.5, 0.6) is 0 Å². The van der Waals surface area contributed by atoms with Crippen LogP contribution in [0.15, 0.2) is 35.0 Å². The number of nitrogens with zero attached hydrogens (tertiary/aromatic N) is 5. The summed E-state index contributed by atoms with van der Waals surface area (Å²) in [6.45, 7) is 4.48. The van der Waals surface area contributed by atoms with Gasteiger partial charge in [0.1, 0.15) is 12.1 Å². The number of aromatic nitrogens is 4. The number of rotatable bonds is 7. The summed E-state index contributed by atoms with van der Waals surface area (Å²) in [6.07, 6.45) is 3.32. The van der Waals surface area contributed by atoms with E-state index >= 15 is 0 Å². The van der Waals surface area contributed by atoms with Crippen molar-refractivity contribution < 1.29 is 0 Å². The average molecular weight is 373 g/mol. The van der Waals surface area contributed by atoms with Crippen molar-refractivity contribution in [1.82, 2.24) is 30.4 Å². The number of thiophene rings is 1. The normalized spacial score (nSPS) is 13.0. The Bertz CT molecular complexity index is 855. The molecule has 8 nitrogen and oxygen atoms in total. The number of aliphatic imine (C=N–C) groups is 1. The topological polar surface area (TPSA) is 92.1 Å². The average Bonchev–Trinajstić information content (AvgIpc) is 3.32. The van der Waals surface area contributed by atoms with Gasteiger partial charge in [-0.2, -0.15) is 5.10 Å². The number of fused-ring (bicyclic) bond motifs is 1. The number of anilines is 1. The summed E-state index contributed by atoms with van der Waals surface area (Å²) < 4.78 is 1.74. The molecular formula is C17H24N8S. The molecule has 0 radical (unpaired) electrons. The summed E-state index contributed by atoms with van der Waals surface area (Å²) in [7, 11) is 3.65. The molecule has 26 heavy (non-hydrogen) atoms. The molecule has 3 N–H and O–H groups in total. The molecule has 3 rings (SSSR count). The van der Waals surface area contributed by atoms with Crippen LogP contribution in [0.1, 0.15) is 17.7 Å². The third-order valence-electron chi connectivity index (χ3n) is 4.07. The fourth-order valence-corrected chi connectivity index (χ4v) is 3.39. The van der Waals surface area contributed by atoms with E-state index in [0.29, 0.717) is 12.5 Å². The van der Waals surface area contributed by atoms with E-state index < -0.39 is 0 Å². The maximum Gasteiger partial charge on any atom is 0.191 e. The van der Waals surface area contributed by atoms with Crippen molar-refractivity contribution in [3.63, 3.8) is 0 Å². The predicted octanol–water partition coefficient (Wildman–Crippen LogP) is 1.81. The highest BCUT2D eigenvalue weighted by atomic mass is 32.1. The monoisotopic (exact) mass is 372 g/mol. The van der Waals surface area contributed by atoms with Crippen molar-refractivity contribution in [2.75, 3.05) is 32.0 Å². The lowest BCUT2D eigenvalue weighted by molar-refractivity contribution is 0.710. The summed E-state index contributed by atoms with van der Waals surface area (Å²) in [5.41, 5.74) is 0.815. The van der Waals surface area contributed by atoms with Crippen molar-refractivity contribution >= 4 is 34.1 Å².